The third-order valence-electron chi connectivity index (χ3n) is 4.55. The minimum atomic E-state index is -0.0433. The van der Waals surface area contributed by atoms with Crippen molar-refractivity contribution in [3.63, 3.8) is 0 Å². The molecule has 4 aromatic rings. The van der Waals surface area contributed by atoms with Gasteiger partial charge in [-0.05, 0) is 48.0 Å². The summed E-state index contributed by atoms with van der Waals surface area (Å²) in [5, 5.41) is 7.35. The van der Waals surface area contributed by atoms with Crippen LogP contribution in [0.4, 0.5) is 17.1 Å². The van der Waals surface area contributed by atoms with Crippen molar-refractivity contribution in [3.05, 3.63) is 84.6 Å². The number of ether oxygens (including phenoxy) is 1. The number of carbonyl (C=O) groups is 1. The smallest absolute Gasteiger partial charge is 0.228 e. The Morgan fingerprint density at radius 1 is 0.929 bits per heavy atom. The average Bonchev–Trinajstić information content (AvgIpc) is 3.12. The van der Waals surface area contributed by atoms with Crippen LogP contribution >= 0.6 is 0 Å². The number of amides is 1. The summed E-state index contributed by atoms with van der Waals surface area (Å²) in [6.45, 7) is 0. The monoisotopic (exact) mass is 371 g/mol. The number of fused-ring (bicyclic) bond motifs is 1. The van der Waals surface area contributed by atoms with Crippen LogP contribution in [-0.4, -0.2) is 18.0 Å². The van der Waals surface area contributed by atoms with Gasteiger partial charge in [0.25, 0.3) is 0 Å². The van der Waals surface area contributed by atoms with E-state index in [1.807, 2.05) is 79.0 Å². The molecule has 0 atom stereocenters. The number of methoxy groups -OCH3 is 1. The van der Waals surface area contributed by atoms with Crippen molar-refractivity contribution in [2.75, 3.05) is 17.7 Å². The van der Waals surface area contributed by atoms with Crippen LogP contribution in [0.3, 0.4) is 0 Å². The van der Waals surface area contributed by atoms with E-state index >= 15 is 0 Å². The molecular weight excluding hydrogens is 350 g/mol. The lowest BCUT2D eigenvalue weighted by molar-refractivity contribution is -0.115. The Kier molecular flexibility index (Phi) is 4.97. The summed E-state index contributed by atoms with van der Waals surface area (Å²) in [7, 11) is 1.65. The number of rotatable bonds is 6. The molecule has 0 saturated carbocycles. The quantitative estimate of drug-likeness (QED) is 0.442. The molecule has 0 saturated heterocycles. The molecule has 28 heavy (non-hydrogen) atoms. The molecule has 5 nitrogen and oxygen atoms in total. The Morgan fingerprint density at radius 2 is 1.71 bits per heavy atom. The van der Waals surface area contributed by atoms with Crippen LogP contribution in [0.25, 0.3) is 10.9 Å². The highest BCUT2D eigenvalue weighted by Gasteiger charge is 2.09. The lowest BCUT2D eigenvalue weighted by Gasteiger charge is -2.10. The van der Waals surface area contributed by atoms with Crippen LogP contribution in [0.5, 0.6) is 5.75 Å². The Bertz CT molecular complexity index is 1100. The standard InChI is InChI=1S/C23H21N3O2/c1-28-20-6-4-5-19(14-20)25-17-9-11-18(12-10-17)26-23(27)13-16-15-24-22-8-3-2-7-21(16)22/h2-12,14-15,24-25H,13H2,1H3,(H,26,27). The number of benzene rings is 3. The Hall–Kier alpha value is -3.73. The van der Waals surface area contributed by atoms with E-state index in [0.29, 0.717) is 6.42 Å². The van der Waals surface area contributed by atoms with Gasteiger partial charge < -0.3 is 20.4 Å². The van der Waals surface area contributed by atoms with Crippen LogP contribution in [0, 0.1) is 0 Å². The first-order valence-corrected chi connectivity index (χ1v) is 9.07. The highest BCUT2D eigenvalue weighted by atomic mass is 16.5. The molecule has 1 heterocycles. The zero-order valence-electron chi connectivity index (χ0n) is 15.5. The van der Waals surface area contributed by atoms with E-state index in [1.54, 1.807) is 7.11 Å². The summed E-state index contributed by atoms with van der Waals surface area (Å²) in [6, 6.07) is 23.3. The molecule has 0 radical (unpaired) electrons. The van der Waals surface area contributed by atoms with E-state index in [9.17, 15) is 4.79 Å². The molecule has 0 aliphatic heterocycles. The lowest BCUT2D eigenvalue weighted by Crippen LogP contribution is -2.14. The van der Waals surface area contributed by atoms with Crippen molar-refractivity contribution in [2.45, 2.75) is 6.42 Å². The number of aromatic amines is 1. The van der Waals surface area contributed by atoms with Crippen LogP contribution in [0.15, 0.2) is 79.0 Å². The van der Waals surface area contributed by atoms with E-state index in [4.69, 9.17) is 4.74 Å². The molecule has 5 heteroatoms. The zero-order valence-corrected chi connectivity index (χ0v) is 15.5. The maximum Gasteiger partial charge on any atom is 0.228 e. The maximum absolute atomic E-state index is 12.4. The predicted octanol–water partition coefficient (Wildman–Crippen LogP) is 5.10. The van der Waals surface area contributed by atoms with Crippen LogP contribution < -0.4 is 15.4 Å². The minimum absolute atomic E-state index is 0.0433. The van der Waals surface area contributed by atoms with Gasteiger partial charge in [0.15, 0.2) is 0 Å². The second-order valence-electron chi connectivity index (χ2n) is 6.52. The summed E-state index contributed by atoms with van der Waals surface area (Å²) >= 11 is 0. The van der Waals surface area contributed by atoms with Gasteiger partial charge in [-0.3, -0.25) is 4.79 Å². The molecule has 4 rings (SSSR count). The van der Waals surface area contributed by atoms with Gasteiger partial charge in [-0.2, -0.15) is 0 Å². The van der Waals surface area contributed by atoms with Gasteiger partial charge in [-0.25, -0.2) is 0 Å². The van der Waals surface area contributed by atoms with Crippen LogP contribution in [0.2, 0.25) is 0 Å². The fourth-order valence-electron chi connectivity index (χ4n) is 3.16. The van der Waals surface area contributed by atoms with Crippen LogP contribution in [-0.2, 0) is 11.2 Å². The fourth-order valence-corrected chi connectivity index (χ4v) is 3.16. The normalized spacial score (nSPS) is 10.6. The molecule has 1 aromatic heterocycles. The van der Waals surface area contributed by atoms with E-state index in [2.05, 4.69) is 15.6 Å². The Morgan fingerprint density at radius 3 is 2.54 bits per heavy atom. The van der Waals surface area contributed by atoms with Gasteiger partial charge in [-0.15, -0.1) is 0 Å². The number of hydrogen-bond donors (Lipinski definition) is 3. The molecule has 140 valence electrons. The highest BCUT2D eigenvalue weighted by Crippen LogP contribution is 2.23. The second kappa shape index (κ2) is 7.88. The molecular formula is C23H21N3O2. The predicted molar refractivity (Wildman–Crippen MR) is 113 cm³/mol. The van der Waals surface area contributed by atoms with Gasteiger partial charge in [0.05, 0.1) is 13.5 Å². The molecule has 0 bridgehead atoms. The number of H-pyrrole nitrogens is 1. The number of aromatic nitrogens is 1. The SMILES string of the molecule is COc1cccc(Nc2ccc(NC(=O)Cc3c[nH]c4ccccc34)cc2)c1. The topological polar surface area (TPSA) is 66.2 Å². The molecule has 0 aliphatic carbocycles. The lowest BCUT2D eigenvalue weighted by atomic mass is 10.1. The number of anilines is 3. The van der Waals surface area contributed by atoms with Crippen molar-refractivity contribution >= 4 is 33.9 Å². The molecule has 0 spiro atoms. The molecule has 0 aliphatic rings. The maximum atomic E-state index is 12.4. The summed E-state index contributed by atoms with van der Waals surface area (Å²) in [5.41, 5.74) is 4.67. The van der Waals surface area contributed by atoms with E-state index < -0.39 is 0 Å². The average molecular weight is 371 g/mol. The van der Waals surface area contributed by atoms with Gasteiger partial charge in [-0.1, -0.05) is 24.3 Å². The summed E-state index contributed by atoms with van der Waals surface area (Å²) < 4.78 is 5.24. The molecule has 0 fully saturated rings. The summed E-state index contributed by atoms with van der Waals surface area (Å²) in [4.78, 5) is 15.6. The third-order valence-corrected chi connectivity index (χ3v) is 4.55. The first-order valence-electron chi connectivity index (χ1n) is 9.07. The minimum Gasteiger partial charge on any atom is -0.497 e. The Balaban J connectivity index is 1.39. The number of hydrogen-bond acceptors (Lipinski definition) is 3. The van der Waals surface area contributed by atoms with E-state index in [-0.39, 0.29) is 5.91 Å². The van der Waals surface area contributed by atoms with Crippen molar-refractivity contribution < 1.29 is 9.53 Å². The summed E-state index contributed by atoms with van der Waals surface area (Å²) in [6.07, 6.45) is 2.22. The third kappa shape index (κ3) is 3.99. The van der Waals surface area contributed by atoms with Crippen molar-refractivity contribution in [1.82, 2.24) is 4.98 Å². The highest BCUT2D eigenvalue weighted by molar-refractivity contribution is 5.95. The molecule has 3 aromatic carbocycles. The van der Waals surface area contributed by atoms with E-state index in [1.165, 1.54) is 0 Å². The zero-order chi connectivity index (χ0) is 19.3. The van der Waals surface area contributed by atoms with Gasteiger partial charge in [0, 0.05) is 40.2 Å². The van der Waals surface area contributed by atoms with Gasteiger partial charge in [0.1, 0.15) is 5.75 Å². The first-order chi connectivity index (χ1) is 13.7. The largest absolute Gasteiger partial charge is 0.497 e. The van der Waals surface area contributed by atoms with Crippen molar-refractivity contribution in [3.8, 4) is 5.75 Å². The molecule has 1 amide bonds. The van der Waals surface area contributed by atoms with Crippen LogP contribution in [0.1, 0.15) is 5.56 Å². The molecule has 3 N–H and O–H groups in total. The van der Waals surface area contributed by atoms with Gasteiger partial charge >= 0.3 is 0 Å². The fraction of sp³-hybridized carbons (Fsp3) is 0.0870. The number of carbonyl (C=O) groups excluding carboxylic acids is 1. The van der Waals surface area contributed by atoms with Gasteiger partial charge in [0.2, 0.25) is 5.91 Å². The number of nitrogens with one attached hydrogen (secondary N) is 3. The van der Waals surface area contributed by atoms with Crippen molar-refractivity contribution in [1.29, 1.82) is 0 Å². The Labute approximate surface area is 163 Å². The molecule has 0 unspecified atom stereocenters. The second-order valence-corrected chi connectivity index (χ2v) is 6.52. The number of para-hydroxylation sites is 1. The summed E-state index contributed by atoms with van der Waals surface area (Å²) in [5.74, 6) is 0.754. The van der Waals surface area contributed by atoms with E-state index in [0.717, 1.165) is 39.3 Å². The van der Waals surface area contributed by atoms with Crippen molar-refractivity contribution in [2.24, 2.45) is 0 Å². The first kappa shape index (κ1) is 17.7.